The molecule has 1 aliphatic heterocycles. The Morgan fingerprint density at radius 2 is 2.00 bits per heavy atom. The second-order valence-corrected chi connectivity index (χ2v) is 2.98. The zero-order valence-corrected chi connectivity index (χ0v) is 5.75. The molecule has 1 heterocycles. The zero-order valence-electron chi connectivity index (χ0n) is 4.93. The molecule has 0 aromatic carbocycles. The van der Waals surface area contributed by atoms with E-state index >= 15 is 0 Å². The van der Waals surface area contributed by atoms with Crippen molar-refractivity contribution in [1.29, 1.82) is 0 Å². The monoisotopic (exact) mass is 131 g/mol. The van der Waals surface area contributed by atoms with Gasteiger partial charge in [-0.2, -0.15) is 11.8 Å². The van der Waals surface area contributed by atoms with E-state index in [0.717, 1.165) is 18.5 Å². The lowest BCUT2D eigenvalue weighted by Crippen LogP contribution is -2.16. The van der Waals surface area contributed by atoms with E-state index in [4.69, 9.17) is 4.74 Å². The van der Waals surface area contributed by atoms with E-state index in [1.54, 1.807) is 11.8 Å². The maximum absolute atomic E-state index is 5.16. The summed E-state index contributed by atoms with van der Waals surface area (Å²) in [4.78, 5) is 0. The van der Waals surface area contributed by atoms with Gasteiger partial charge in [0.1, 0.15) is 0 Å². The van der Waals surface area contributed by atoms with Crippen molar-refractivity contribution in [3.63, 3.8) is 0 Å². The van der Waals surface area contributed by atoms with Crippen molar-refractivity contribution < 1.29 is 4.74 Å². The molecular formula is C6H11OS. The van der Waals surface area contributed by atoms with E-state index < -0.39 is 0 Å². The molecular weight excluding hydrogens is 120 g/mol. The molecule has 2 heteroatoms. The largest absolute Gasteiger partial charge is 0.381 e. The summed E-state index contributed by atoms with van der Waals surface area (Å²) in [5, 5.41) is 0.767. The number of hydrogen-bond acceptors (Lipinski definition) is 2. The molecule has 1 nitrogen and oxygen atoms in total. The van der Waals surface area contributed by atoms with E-state index in [9.17, 15) is 0 Å². The van der Waals surface area contributed by atoms with Gasteiger partial charge >= 0.3 is 0 Å². The molecule has 1 rings (SSSR count). The van der Waals surface area contributed by atoms with Crippen LogP contribution in [0.2, 0.25) is 0 Å². The molecule has 0 aromatic heterocycles. The van der Waals surface area contributed by atoms with Gasteiger partial charge in [0, 0.05) is 24.7 Å². The van der Waals surface area contributed by atoms with Crippen LogP contribution < -0.4 is 0 Å². The molecule has 0 bridgehead atoms. The first-order chi connectivity index (χ1) is 3.93. The minimum atomic E-state index is 0.767. The first kappa shape index (κ1) is 6.43. The summed E-state index contributed by atoms with van der Waals surface area (Å²) in [5.74, 6) is 0. The third kappa shape index (κ3) is 1.67. The van der Waals surface area contributed by atoms with Gasteiger partial charge in [-0.25, -0.2) is 0 Å². The molecule has 0 saturated carbocycles. The van der Waals surface area contributed by atoms with Gasteiger partial charge in [-0.05, 0) is 12.8 Å². The maximum atomic E-state index is 5.16. The van der Waals surface area contributed by atoms with E-state index in [1.807, 2.05) is 0 Å². The van der Waals surface area contributed by atoms with E-state index in [1.165, 1.54) is 12.8 Å². The highest BCUT2D eigenvalue weighted by Crippen LogP contribution is 2.19. The molecule has 47 valence electrons. The van der Waals surface area contributed by atoms with Crippen molar-refractivity contribution in [3.8, 4) is 0 Å². The average molecular weight is 131 g/mol. The second kappa shape index (κ2) is 3.36. The molecule has 0 amide bonds. The van der Waals surface area contributed by atoms with Crippen molar-refractivity contribution in [3.05, 3.63) is 6.26 Å². The molecule has 1 fully saturated rings. The number of hydrogen-bond donors (Lipinski definition) is 0. The number of rotatable bonds is 1. The minimum Gasteiger partial charge on any atom is -0.381 e. The summed E-state index contributed by atoms with van der Waals surface area (Å²) < 4.78 is 5.16. The highest BCUT2D eigenvalue weighted by Gasteiger charge is 2.10. The molecule has 1 radical (unpaired) electrons. The van der Waals surface area contributed by atoms with Crippen LogP contribution in [-0.4, -0.2) is 18.5 Å². The van der Waals surface area contributed by atoms with E-state index in [-0.39, 0.29) is 0 Å². The predicted molar refractivity (Wildman–Crippen MR) is 36.8 cm³/mol. The zero-order chi connectivity index (χ0) is 5.82. The van der Waals surface area contributed by atoms with Gasteiger partial charge in [-0.3, -0.25) is 0 Å². The SMILES string of the molecule is [CH2]SC1CCOCC1. The quantitative estimate of drug-likeness (QED) is 0.535. The molecule has 0 atom stereocenters. The third-order valence-corrected chi connectivity index (χ3v) is 2.35. The lowest BCUT2D eigenvalue weighted by atomic mass is 10.2. The smallest absolute Gasteiger partial charge is 0.0476 e. The Morgan fingerprint density at radius 1 is 1.38 bits per heavy atom. The van der Waals surface area contributed by atoms with E-state index in [2.05, 4.69) is 6.26 Å². The van der Waals surface area contributed by atoms with Crippen molar-refractivity contribution in [2.24, 2.45) is 0 Å². The topological polar surface area (TPSA) is 9.23 Å². The highest BCUT2D eigenvalue weighted by molar-refractivity contribution is 8.01. The minimum absolute atomic E-state index is 0.767. The van der Waals surface area contributed by atoms with Crippen LogP contribution in [0.1, 0.15) is 12.8 Å². The molecule has 1 aliphatic rings. The van der Waals surface area contributed by atoms with Gasteiger partial charge < -0.3 is 4.74 Å². The summed E-state index contributed by atoms with van der Waals surface area (Å²) in [6, 6.07) is 0. The van der Waals surface area contributed by atoms with Crippen LogP contribution in [0.25, 0.3) is 0 Å². The Balaban J connectivity index is 2.13. The van der Waals surface area contributed by atoms with Crippen LogP contribution in [0.3, 0.4) is 0 Å². The summed E-state index contributed by atoms with van der Waals surface area (Å²) in [5.41, 5.74) is 0. The Hall–Kier alpha value is 0.310. The van der Waals surface area contributed by atoms with Gasteiger partial charge in [-0.1, -0.05) is 0 Å². The van der Waals surface area contributed by atoms with E-state index in [0.29, 0.717) is 0 Å². The predicted octanol–water partition coefficient (Wildman–Crippen LogP) is 1.69. The average Bonchev–Trinajstić information content (AvgIpc) is 1.90. The lowest BCUT2D eigenvalue weighted by molar-refractivity contribution is 0.100. The van der Waals surface area contributed by atoms with Crippen molar-refractivity contribution in [2.45, 2.75) is 18.1 Å². The van der Waals surface area contributed by atoms with Crippen LogP contribution in [0.4, 0.5) is 0 Å². The molecule has 8 heavy (non-hydrogen) atoms. The van der Waals surface area contributed by atoms with Gasteiger partial charge in [0.15, 0.2) is 0 Å². The summed E-state index contributed by atoms with van der Waals surface area (Å²) >= 11 is 1.72. The van der Waals surface area contributed by atoms with Gasteiger partial charge in [-0.15, -0.1) is 0 Å². The fraction of sp³-hybridized carbons (Fsp3) is 0.833. The molecule has 0 unspecified atom stereocenters. The maximum Gasteiger partial charge on any atom is 0.0476 e. The van der Waals surface area contributed by atoms with Crippen LogP contribution in [0, 0.1) is 6.26 Å². The second-order valence-electron chi connectivity index (χ2n) is 1.98. The van der Waals surface area contributed by atoms with Gasteiger partial charge in [0.25, 0.3) is 0 Å². The Morgan fingerprint density at radius 3 is 2.38 bits per heavy atom. The van der Waals surface area contributed by atoms with Crippen molar-refractivity contribution >= 4 is 11.8 Å². The first-order valence-corrected chi connectivity index (χ1v) is 3.97. The molecule has 0 aromatic rings. The third-order valence-electron chi connectivity index (χ3n) is 1.40. The van der Waals surface area contributed by atoms with Crippen LogP contribution in [-0.2, 0) is 4.74 Å². The summed E-state index contributed by atoms with van der Waals surface area (Å²) in [6.45, 7) is 1.88. The fourth-order valence-electron chi connectivity index (χ4n) is 0.843. The molecule has 0 spiro atoms. The summed E-state index contributed by atoms with van der Waals surface area (Å²) in [6.07, 6.45) is 6.15. The summed E-state index contributed by atoms with van der Waals surface area (Å²) in [7, 11) is 0. The Kier molecular flexibility index (Phi) is 2.70. The van der Waals surface area contributed by atoms with Crippen molar-refractivity contribution in [2.75, 3.05) is 13.2 Å². The van der Waals surface area contributed by atoms with Crippen LogP contribution in [0.5, 0.6) is 0 Å². The standard InChI is InChI=1S/C6H11OS/c1-8-6-2-4-7-5-3-6/h6H,1-5H2. The fourth-order valence-corrected chi connectivity index (χ4v) is 1.37. The number of thioether (sulfide) groups is 1. The molecule has 0 N–H and O–H groups in total. The van der Waals surface area contributed by atoms with Gasteiger partial charge in [0.05, 0.1) is 0 Å². The Bertz CT molecular complexity index is 59.5. The van der Waals surface area contributed by atoms with Crippen molar-refractivity contribution in [1.82, 2.24) is 0 Å². The molecule has 1 saturated heterocycles. The highest BCUT2D eigenvalue weighted by atomic mass is 32.2. The Labute approximate surface area is 54.8 Å². The van der Waals surface area contributed by atoms with Gasteiger partial charge in [0.2, 0.25) is 0 Å². The van der Waals surface area contributed by atoms with Crippen LogP contribution >= 0.6 is 11.8 Å². The number of ether oxygens (including phenoxy) is 1. The van der Waals surface area contributed by atoms with Crippen LogP contribution in [0.15, 0.2) is 0 Å². The molecule has 0 aliphatic carbocycles. The first-order valence-electron chi connectivity index (χ1n) is 2.92. The lowest BCUT2D eigenvalue weighted by Gasteiger charge is -2.19. The normalized spacial score (nSPS) is 23.6.